The highest BCUT2D eigenvalue weighted by Crippen LogP contribution is 2.41. The third kappa shape index (κ3) is 1.57. The number of hydrogen-bond acceptors (Lipinski definition) is 1. The van der Waals surface area contributed by atoms with Crippen LogP contribution in [-0.4, -0.2) is 5.11 Å². The van der Waals surface area contributed by atoms with Crippen LogP contribution in [-0.2, 0) is 0 Å². The second-order valence-electron chi connectivity index (χ2n) is 4.63. The molecule has 1 atom stereocenters. The molecule has 1 aliphatic rings. The first-order valence-electron chi connectivity index (χ1n) is 5.70. The molecule has 1 unspecified atom stereocenters. The third-order valence-electron chi connectivity index (χ3n) is 3.82. The number of allylic oxidation sites excluding steroid dienone is 4. The predicted octanol–water partition coefficient (Wildman–Crippen LogP) is 4.15. The van der Waals surface area contributed by atoms with Crippen molar-refractivity contribution in [1.82, 2.24) is 0 Å². The summed E-state index contributed by atoms with van der Waals surface area (Å²) < 4.78 is 0. The summed E-state index contributed by atoms with van der Waals surface area (Å²) in [5.74, 6) is 0.871. The Bertz CT molecular complexity index is 475. The maximum Gasteiger partial charge on any atom is 0.115 e. The molecule has 0 heterocycles. The minimum absolute atomic E-state index is 0.325. The highest BCUT2D eigenvalue weighted by atomic mass is 16.3. The van der Waals surface area contributed by atoms with Gasteiger partial charge in [-0.3, -0.25) is 0 Å². The Morgan fingerprint density at radius 1 is 0.938 bits per heavy atom. The van der Waals surface area contributed by atoms with Crippen LogP contribution in [0, 0.1) is 5.92 Å². The molecule has 0 spiro atoms. The summed E-state index contributed by atoms with van der Waals surface area (Å²) in [6, 6.07) is 7.48. The molecule has 0 amide bonds. The van der Waals surface area contributed by atoms with E-state index >= 15 is 0 Å². The average Bonchev–Trinajstić information content (AvgIpc) is 2.46. The van der Waals surface area contributed by atoms with E-state index in [1.165, 1.54) is 27.9 Å². The largest absolute Gasteiger partial charge is 0.508 e. The highest BCUT2D eigenvalue weighted by Gasteiger charge is 2.23. The molecule has 2 rings (SSSR count). The van der Waals surface area contributed by atoms with Crippen LogP contribution in [0.4, 0.5) is 0 Å². The number of aromatic hydroxyl groups is 1. The van der Waals surface area contributed by atoms with Crippen LogP contribution >= 0.6 is 0 Å². The molecule has 0 fully saturated rings. The summed E-state index contributed by atoms with van der Waals surface area (Å²) in [5, 5.41) is 9.31. The maximum atomic E-state index is 9.31. The maximum absolute atomic E-state index is 9.31. The van der Waals surface area contributed by atoms with Gasteiger partial charge in [-0.1, -0.05) is 30.2 Å². The van der Waals surface area contributed by atoms with Crippen LogP contribution in [0.2, 0.25) is 0 Å². The molecule has 1 aromatic carbocycles. The number of phenols is 1. The topological polar surface area (TPSA) is 20.2 Å². The molecule has 1 aromatic rings. The standard InChI is InChI=1S/C15H18O/c1-9-10(2)12(4)15(11(9)3)13-5-7-14(16)8-6-13/h5-9,16H,1-4H3. The van der Waals surface area contributed by atoms with Crippen molar-refractivity contribution < 1.29 is 5.11 Å². The fraction of sp³-hybridized carbons (Fsp3) is 0.333. The van der Waals surface area contributed by atoms with Crippen molar-refractivity contribution >= 4 is 5.57 Å². The summed E-state index contributed by atoms with van der Waals surface area (Å²) in [7, 11) is 0. The first-order valence-corrected chi connectivity index (χ1v) is 5.70. The van der Waals surface area contributed by atoms with Crippen LogP contribution in [0.25, 0.3) is 5.57 Å². The van der Waals surface area contributed by atoms with Gasteiger partial charge in [-0.05, 0) is 55.5 Å². The Morgan fingerprint density at radius 3 is 1.94 bits per heavy atom. The van der Waals surface area contributed by atoms with Gasteiger partial charge in [0, 0.05) is 0 Å². The van der Waals surface area contributed by atoms with Crippen molar-refractivity contribution in [2.75, 3.05) is 0 Å². The first kappa shape index (κ1) is 11.0. The predicted molar refractivity (Wildman–Crippen MR) is 68.2 cm³/mol. The lowest BCUT2D eigenvalue weighted by Gasteiger charge is -2.08. The van der Waals surface area contributed by atoms with Crippen molar-refractivity contribution in [2.45, 2.75) is 27.7 Å². The van der Waals surface area contributed by atoms with Gasteiger partial charge < -0.3 is 5.11 Å². The molecule has 1 N–H and O–H groups in total. The van der Waals surface area contributed by atoms with Gasteiger partial charge in [-0.25, -0.2) is 0 Å². The molecule has 0 aliphatic heterocycles. The Morgan fingerprint density at radius 2 is 1.50 bits per heavy atom. The Balaban J connectivity index is 2.53. The van der Waals surface area contributed by atoms with E-state index < -0.39 is 0 Å². The molecule has 1 heteroatoms. The molecule has 0 saturated carbocycles. The van der Waals surface area contributed by atoms with E-state index in [0.717, 1.165) is 0 Å². The molecule has 84 valence electrons. The normalized spacial score (nSPS) is 20.9. The van der Waals surface area contributed by atoms with Gasteiger partial charge in [0.1, 0.15) is 5.75 Å². The summed E-state index contributed by atoms with van der Waals surface area (Å²) >= 11 is 0. The molecule has 0 saturated heterocycles. The van der Waals surface area contributed by atoms with E-state index in [4.69, 9.17) is 0 Å². The monoisotopic (exact) mass is 214 g/mol. The van der Waals surface area contributed by atoms with Crippen LogP contribution in [0.5, 0.6) is 5.75 Å². The number of benzene rings is 1. The van der Waals surface area contributed by atoms with Crippen molar-refractivity contribution in [2.24, 2.45) is 5.92 Å². The molecule has 0 bridgehead atoms. The van der Waals surface area contributed by atoms with Gasteiger partial charge in [-0.15, -0.1) is 0 Å². The van der Waals surface area contributed by atoms with Gasteiger partial charge in [0.2, 0.25) is 0 Å². The minimum Gasteiger partial charge on any atom is -0.508 e. The van der Waals surface area contributed by atoms with Crippen molar-refractivity contribution in [3.63, 3.8) is 0 Å². The summed E-state index contributed by atoms with van der Waals surface area (Å²) in [4.78, 5) is 0. The molecule has 1 nitrogen and oxygen atoms in total. The molecule has 1 aliphatic carbocycles. The number of hydrogen-bond donors (Lipinski definition) is 1. The lowest BCUT2D eigenvalue weighted by molar-refractivity contribution is 0.475. The van der Waals surface area contributed by atoms with Crippen LogP contribution in [0.1, 0.15) is 33.3 Å². The first-order chi connectivity index (χ1) is 7.52. The molecule has 0 radical (unpaired) electrons. The van der Waals surface area contributed by atoms with Crippen molar-refractivity contribution in [1.29, 1.82) is 0 Å². The van der Waals surface area contributed by atoms with E-state index in [-0.39, 0.29) is 0 Å². The SMILES string of the molecule is CC1=C(C)C(C)C(C)=C1c1ccc(O)cc1. The molecule has 16 heavy (non-hydrogen) atoms. The fourth-order valence-electron chi connectivity index (χ4n) is 2.43. The van der Waals surface area contributed by atoms with E-state index in [2.05, 4.69) is 27.7 Å². The lowest BCUT2D eigenvalue weighted by atomic mass is 9.97. The number of rotatable bonds is 1. The fourth-order valence-corrected chi connectivity index (χ4v) is 2.43. The van der Waals surface area contributed by atoms with E-state index in [1.807, 2.05) is 12.1 Å². The van der Waals surface area contributed by atoms with E-state index in [1.54, 1.807) is 12.1 Å². The second-order valence-corrected chi connectivity index (χ2v) is 4.63. The summed E-state index contributed by atoms with van der Waals surface area (Å²) in [5.41, 5.74) is 6.83. The van der Waals surface area contributed by atoms with E-state index in [0.29, 0.717) is 11.7 Å². The zero-order valence-electron chi connectivity index (χ0n) is 10.3. The van der Waals surface area contributed by atoms with Gasteiger partial charge in [0.05, 0.1) is 0 Å². The van der Waals surface area contributed by atoms with Crippen LogP contribution in [0.3, 0.4) is 0 Å². The number of phenolic OH excluding ortho intramolecular Hbond substituents is 1. The lowest BCUT2D eigenvalue weighted by Crippen LogP contribution is -1.92. The Kier molecular flexibility index (Phi) is 2.63. The zero-order chi connectivity index (χ0) is 11.9. The summed E-state index contributed by atoms with van der Waals surface area (Å²) in [6.45, 7) is 8.84. The van der Waals surface area contributed by atoms with E-state index in [9.17, 15) is 5.11 Å². The Hall–Kier alpha value is -1.50. The smallest absolute Gasteiger partial charge is 0.115 e. The average molecular weight is 214 g/mol. The van der Waals surface area contributed by atoms with Gasteiger partial charge in [0.25, 0.3) is 0 Å². The second kappa shape index (κ2) is 3.82. The minimum atomic E-state index is 0.325. The van der Waals surface area contributed by atoms with Gasteiger partial charge >= 0.3 is 0 Å². The Labute approximate surface area is 97.1 Å². The zero-order valence-corrected chi connectivity index (χ0v) is 10.3. The molecular formula is C15H18O. The highest BCUT2D eigenvalue weighted by molar-refractivity contribution is 5.85. The van der Waals surface area contributed by atoms with Crippen LogP contribution < -0.4 is 0 Å². The summed E-state index contributed by atoms with van der Waals surface area (Å²) in [6.07, 6.45) is 0. The molecule has 0 aromatic heterocycles. The third-order valence-corrected chi connectivity index (χ3v) is 3.82. The van der Waals surface area contributed by atoms with Crippen LogP contribution in [0.15, 0.2) is 41.0 Å². The van der Waals surface area contributed by atoms with Crippen molar-refractivity contribution in [3.05, 3.63) is 46.5 Å². The van der Waals surface area contributed by atoms with Crippen molar-refractivity contribution in [3.8, 4) is 5.75 Å². The van der Waals surface area contributed by atoms with Gasteiger partial charge in [0.15, 0.2) is 0 Å². The quantitative estimate of drug-likeness (QED) is 0.744. The van der Waals surface area contributed by atoms with Gasteiger partial charge in [-0.2, -0.15) is 0 Å². The molecular weight excluding hydrogens is 196 g/mol.